The van der Waals surface area contributed by atoms with Crippen LogP contribution in [0.1, 0.15) is 5.56 Å². The molecule has 1 aliphatic heterocycles. The highest BCUT2D eigenvalue weighted by Gasteiger charge is 2.24. The average Bonchev–Trinajstić information content (AvgIpc) is 2.85. The van der Waals surface area contributed by atoms with E-state index in [1.165, 1.54) is 0 Å². The Bertz CT molecular complexity index is 657. The third-order valence-electron chi connectivity index (χ3n) is 2.99. The van der Waals surface area contributed by atoms with E-state index in [1.54, 1.807) is 17.3 Å². The molecular formula is C12H10N2O2S. The highest BCUT2D eigenvalue weighted by Crippen LogP contribution is 2.31. The van der Waals surface area contributed by atoms with E-state index in [2.05, 4.69) is 4.98 Å². The third-order valence-corrected chi connectivity index (χ3v) is 3.66. The molecule has 4 nitrogen and oxygen atoms in total. The molecule has 0 spiro atoms. The van der Waals surface area contributed by atoms with Gasteiger partial charge in [0.25, 0.3) is 0 Å². The molecule has 0 atom stereocenters. The van der Waals surface area contributed by atoms with Crippen molar-refractivity contribution in [2.24, 2.45) is 0 Å². The Balaban J connectivity index is 2.09. The number of anilines is 1. The molecule has 1 aliphatic rings. The van der Waals surface area contributed by atoms with Crippen molar-refractivity contribution in [3.8, 4) is 11.3 Å². The zero-order valence-electron chi connectivity index (χ0n) is 9.19. The lowest BCUT2D eigenvalue weighted by molar-refractivity contribution is -0.117. The molecule has 1 aromatic carbocycles. The van der Waals surface area contributed by atoms with Gasteiger partial charge in [0.2, 0.25) is 5.91 Å². The first kappa shape index (κ1) is 10.3. The number of rotatable bonds is 1. The molecule has 1 N–H and O–H groups in total. The lowest BCUT2D eigenvalue weighted by Crippen LogP contribution is -2.20. The molecule has 0 unspecified atom stereocenters. The highest BCUT2D eigenvalue weighted by atomic mass is 32.1. The molecule has 0 saturated heterocycles. The Morgan fingerprint density at radius 3 is 2.88 bits per heavy atom. The Labute approximate surface area is 102 Å². The van der Waals surface area contributed by atoms with Crippen molar-refractivity contribution in [2.75, 3.05) is 11.9 Å². The number of thiazole rings is 1. The summed E-state index contributed by atoms with van der Waals surface area (Å²) in [6, 6.07) is 5.81. The molecule has 0 aliphatic carbocycles. The summed E-state index contributed by atoms with van der Waals surface area (Å²) < 4.78 is 0. The van der Waals surface area contributed by atoms with Crippen LogP contribution in [0.5, 0.6) is 0 Å². The van der Waals surface area contributed by atoms with Crippen molar-refractivity contribution in [3.05, 3.63) is 38.8 Å². The fourth-order valence-corrected chi connectivity index (χ4v) is 2.65. The van der Waals surface area contributed by atoms with Gasteiger partial charge in [-0.1, -0.05) is 17.4 Å². The zero-order valence-corrected chi connectivity index (χ0v) is 10.0. The Morgan fingerprint density at radius 1 is 1.35 bits per heavy atom. The van der Waals surface area contributed by atoms with Crippen LogP contribution < -0.4 is 9.77 Å². The summed E-state index contributed by atoms with van der Waals surface area (Å²) in [7, 11) is 1.78. The number of benzene rings is 1. The van der Waals surface area contributed by atoms with Crippen LogP contribution in [0.2, 0.25) is 0 Å². The molecule has 17 heavy (non-hydrogen) atoms. The topological polar surface area (TPSA) is 53.2 Å². The van der Waals surface area contributed by atoms with Crippen LogP contribution in [-0.2, 0) is 11.2 Å². The minimum Gasteiger partial charge on any atom is -0.315 e. The number of hydrogen-bond donors (Lipinski definition) is 1. The van der Waals surface area contributed by atoms with E-state index in [0.717, 1.165) is 33.8 Å². The van der Waals surface area contributed by atoms with Crippen molar-refractivity contribution in [1.29, 1.82) is 0 Å². The normalized spacial score (nSPS) is 14.2. The van der Waals surface area contributed by atoms with Gasteiger partial charge in [-0.25, -0.2) is 0 Å². The molecule has 86 valence electrons. The molecule has 2 heterocycles. The van der Waals surface area contributed by atoms with Gasteiger partial charge in [0, 0.05) is 18.1 Å². The summed E-state index contributed by atoms with van der Waals surface area (Å²) in [5.74, 6) is 0.107. The molecule has 0 saturated carbocycles. The van der Waals surface area contributed by atoms with Crippen LogP contribution in [0.3, 0.4) is 0 Å². The Hall–Kier alpha value is -1.88. The fraction of sp³-hybridized carbons (Fsp3) is 0.167. The summed E-state index contributed by atoms with van der Waals surface area (Å²) in [6.07, 6.45) is 0.439. The fourth-order valence-electron chi connectivity index (χ4n) is 2.06. The number of nitrogens with zero attached hydrogens (tertiary/aromatic N) is 1. The van der Waals surface area contributed by atoms with Crippen LogP contribution >= 0.6 is 11.3 Å². The summed E-state index contributed by atoms with van der Waals surface area (Å²) in [4.78, 5) is 27.0. The maximum absolute atomic E-state index is 11.6. The summed E-state index contributed by atoms with van der Waals surface area (Å²) >= 11 is 1.15. The summed E-state index contributed by atoms with van der Waals surface area (Å²) in [5.41, 5.74) is 3.73. The number of fused-ring (bicyclic) bond motifs is 1. The minimum atomic E-state index is -0.0614. The van der Waals surface area contributed by atoms with Crippen molar-refractivity contribution in [1.82, 2.24) is 4.98 Å². The number of carbonyl (C=O) groups is 1. The van der Waals surface area contributed by atoms with E-state index in [0.29, 0.717) is 6.42 Å². The number of aromatic nitrogens is 1. The molecular weight excluding hydrogens is 236 g/mol. The smallest absolute Gasteiger partial charge is 0.304 e. The molecule has 0 radical (unpaired) electrons. The third kappa shape index (κ3) is 1.59. The minimum absolute atomic E-state index is 0.0614. The molecule has 1 aromatic heterocycles. The molecule has 3 rings (SSSR count). The van der Waals surface area contributed by atoms with E-state index < -0.39 is 0 Å². The van der Waals surface area contributed by atoms with Crippen LogP contribution in [0, 0.1) is 0 Å². The van der Waals surface area contributed by atoms with Crippen molar-refractivity contribution < 1.29 is 4.79 Å². The second-order valence-electron chi connectivity index (χ2n) is 4.03. The van der Waals surface area contributed by atoms with Crippen molar-refractivity contribution in [3.63, 3.8) is 0 Å². The maximum atomic E-state index is 11.6. The first-order chi connectivity index (χ1) is 8.15. The number of carbonyl (C=O) groups excluding carboxylic acids is 1. The van der Waals surface area contributed by atoms with Crippen LogP contribution in [0.15, 0.2) is 28.4 Å². The molecule has 1 amide bonds. The number of nitrogens with one attached hydrogen (secondary N) is 1. The summed E-state index contributed by atoms with van der Waals surface area (Å²) in [6.45, 7) is 0. The van der Waals surface area contributed by atoms with Gasteiger partial charge in [0.15, 0.2) is 0 Å². The molecule has 0 fully saturated rings. The Kier molecular flexibility index (Phi) is 2.16. The van der Waals surface area contributed by atoms with Crippen LogP contribution in [0.25, 0.3) is 11.3 Å². The highest BCUT2D eigenvalue weighted by molar-refractivity contribution is 7.07. The van der Waals surface area contributed by atoms with Crippen molar-refractivity contribution >= 4 is 22.9 Å². The lowest BCUT2D eigenvalue weighted by Gasteiger charge is -2.09. The number of aromatic amines is 1. The van der Waals surface area contributed by atoms with Crippen LogP contribution in [0.4, 0.5) is 5.69 Å². The number of H-pyrrole nitrogens is 1. The molecule has 0 bridgehead atoms. The second kappa shape index (κ2) is 3.56. The largest absolute Gasteiger partial charge is 0.315 e. The summed E-state index contributed by atoms with van der Waals surface area (Å²) in [5, 5.41) is 1.80. The predicted molar refractivity (Wildman–Crippen MR) is 67.5 cm³/mol. The second-order valence-corrected chi connectivity index (χ2v) is 4.88. The van der Waals surface area contributed by atoms with Crippen molar-refractivity contribution in [2.45, 2.75) is 6.42 Å². The molecule has 2 aromatic rings. The SMILES string of the molecule is CN1C(=O)Cc2cc(-c3csc(=O)[nH]3)ccc21. The number of hydrogen-bond acceptors (Lipinski definition) is 3. The van der Waals surface area contributed by atoms with E-state index in [4.69, 9.17) is 0 Å². The molecule has 5 heteroatoms. The van der Waals surface area contributed by atoms with E-state index in [9.17, 15) is 9.59 Å². The standard InChI is InChI=1S/C12H10N2O2S/c1-14-10-3-2-7(4-8(10)5-11(14)15)9-6-17-12(16)13-9/h2-4,6H,5H2,1H3,(H,13,16). The van der Waals surface area contributed by atoms with E-state index in [-0.39, 0.29) is 10.8 Å². The predicted octanol–water partition coefficient (Wildman–Crippen LogP) is 1.62. The number of amides is 1. The van der Waals surface area contributed by atoms with Crippen LogP contribution in [-0.4, -0.2) is 17.9 Å². The zero-order chi connectivity index (χ0) is 12.0. The van der Waals surface area contributed by atoms with E-state index >= 15 is 0 Å². The quantitative estimate of drug-likeness (QED) is 0.831. The van der Waals surface area contributed by atoms with Gasteiger partial charge >= 0.3 is 4.87 Å². The Morgan fingerprint density at radius 2 is 2.18 bits per heavy atom. The van der Waals surface area contributed by atoms with Gasteiger partial charge in [0.1, 0.15) is 0 Å². The lowest BCUT2D eigenvalue weighted by atomic mass is 10.1. The van der Waals surface area contributed by atoms with Gasteiger partial charge < -0.3 is 9.88 Å². The maximum Gasteiger partial charge on any atom is 0.304 e. The first-order valence-electron chi connectivity index (χ1n) is 5.23. The first-order valence-corrected chi connectivity index (χ1v) is 6.11. The van der Waals surface area contributed by atoms with Gasteiger partial charge in [-0.15, -0.1) is 0 Å². The van der Waals surface area contributed by atoms with Gasteiger partial charge in [0.05, 0.1) is 12.1 Å². The van der Waals surface area contributed by atoms with Gasteiger partial charge in [-0.2, -0.15) is 0 Å². The monoisotopic (exact) mass is 246 g/mol. The number of likely N-dealkylation sites (N-methyl/N-ethyl adjacent to an activating group) is 1. The van der Waals surface area contributed by atoms with Gasteiger partial charge in [-0.3, -0.25) is 9.59 Å². The van der Waals surface area contributed by atoms with E-state index in [1.807, 2.05) is 18.2 Å². The van der Waals surface area contributed by atoms with Gasteiger partial charge in [-0.05, 0) is 23.3 Å². The average molecular weight is 246 g/mol.